The van der Waals surface area contributed by atoms with Gasteiger partial charge in [-0.3, -0.25) is 4.79 Å². The highest BCUT2D eigenvalue weighted by atomic mass is 16.5. The summed E-state index contributed by atoms with van der Waals surface area (Å²) in [6.45, 7) is 11.0. The molecule has 0 bridgehead atoms. The number of hydrogen-bond donors (Lipinski definition) is 1. The monoisotopic (exact) mass is 328 g/mol. The minimum atomic E-state index is -0.346. The molecule has 0 aliphatic carbocycles. The second-order valence-electron chi connectivity index (χ2n) is 6.27. The highest BCUT2D eigenvalue weighted by Crippen LogP contribution is 2.25. The van der Waals surface area contributed by atoms with Crippen molar-refractivity contribution in [2.24, 2.45) is 0 Å². The van der Waals surface area contributed by atoms with Crippen LogP contribution in [0.15, 0.2) is 24.3 Å². The summed E-state index contributed by atoms with van der Waals surface area (Å²) in [7, 11) is 0. The van der Waals surface area contributed by atoms with Crippen LogP contribution in [-0.4, -0.2) is 12.0 Å². The molecule has 1 N–H and O–H groups in total. The third-order valence-electron chi connectivity index (χ3n) is 4.02. The summed E-state index contributed by atoms with van der Waals surface area (Å²) in [5.41, 5.74) is 3.90. The highest BCUT2D eigenvalue weighted by molar-refractivity contribution is 6.07. The first-order valence-electron chi connectivity index (χ1n) is 8.00. The standard InChI is InChI=1S/C19H24N2O3/c1-11(2)24-17-10-13(4)21(23)15(6)18(17)19(22)20-16-9-7-8-12(3)14(16)5/h7-11H,1-6H3,(H,20,22). The quantitative estimate of drug-likeness (QED) is 0.689. The van der Waals surface area contributed by atoms with Crippen molar-refractivity contribution in [1.82, 2.24) is 0 Å². The zero-order valence-electron chi connectivity index (χ0n) is 15.1. The number of hydrogen-bond acceptors (Lipinski definition) is 3. The van der Waals surface area contributed by atoms with Crippen molar-refractivity contribution < 1.29 is 14.3 Å². The predicted molar refractivity (Wildman–Crippen MR) is 94.5 cm³/mol. The Kier molecular flexibility index (Phi) is 5.12. The zero-order valence-corrected chi connectivity index (χ0v) is 15.1. The molecule has 0 radical (unpaired) electrons. The van der Waals surface area contributed by atoms with E-state index in [0.717, 1.165) is 21.5 Å². The number of nitrogens with one attached hydrogen (secondary N) is 1. The van der Waals surface area contributed by atoms with Gasteiger partial charge in [0.15, 0.2) is 5.69 Å². The van der Waals surface area contributed by atoms with Crippen LogP contribution in [0.3, 0.4) is 0 Å². The van der Waals surface area contributed by atoms with Crippen LogP contribution in [0.2, 0.25) is 0 Å². The number of pyridine rings is 1. The maximum Gasteiger partial charge on any atom is 0.265 e. The average molecular weight is 328 g/mol. The van der Waals surface area contributed by atoms with E-state index in [9.17, 15) is 10.0 Å². The van der Waals surface area contributed by atoms with Gasteiger partial charge < -0.3 is 15.3 Å². The molecule has 0 unspecified atom stereocenters. The van der Waals surface area contributed by atoms with Crippen molar-refractivity contribution in [2.75, 3.05) is 5.32 Å². The Bertz CT molecular complexity index is 783. The van der Waals surface area contributed by atoms with E-state index in [2.05, 4.69) is 5.32 Å². The van der Waals surface area contributed by atoms with Crippen LogP contribution >= 0.6 is 0 Å². The molecule has 128 valence electrons. The maximum absolute atomic E-state index is 12.8. The Balaban J connectivity index is 2.48. The van der Waals surface area contributed by atoms with Crippen molar-refractivity contribution in [1.29, 1.82) is 0 Å². The molecule has 1 heterocycles. The summed E-state index contributed by atoms with van der Waals surface area (Å²) in [6, 6.07) is 7.33. The van der Waals surface area contributed by atoms with Crippen LogP contribution in [-0.2, 0) is 0 Å². The van der Waals surface area contributed by atoms with Gasteiger partial charge in [-0.2, -0.15) is 4.73 Å². The normalized spacial score (nSPS) is 10.8. The number of aryl methyl sites for hydroxylation is 2. The van der Waals surface area contributed by atoms with E-state index >= 15 is 0 Å². The lowest BCUT2D eigenvalue weighted by Gasteiger charge is -2.17. The lowest BCUT2D eigenvalue weighted by molar-refractivity contribution is -0.619. The summed E-state index contributed by atoms with van der Waals surface area (Å²) in [5, 5.41) is 15.1. The topological polar surface area (TPSA) is 65.3 Å². The summed E-state index contributed by atoms with van der Waals surface area (Å²) in [4.78, 5) is 12.8. The number of ether oxygens (including phenoxy) is 1. The number of anilines is 1. The van der Waals surface area contributed by atoms with E-state index in [1.807, 2.05) is 45.9 Å². The molecule has 5 nitrogen and oxygen atoms in total. The third kappa shape index (κ3) is 3.50. The molecular weight excluding hydrogens is 304 g/mol. The summed E-state index contributed by atoms with van der Waals surface area (Å²) < 4.78 is 6.52. The lowest BCUT2D eigenvalue weighted by atomic mass is 10.1. The van der Waals surface area contributed by atoms with E-state index in [-0.39, 0.29) is 17.6 Å². The van der Waals surface area contributed by atoms with E-state index < -0.39 is 0 Å². The fourth-order valence-electron chi connectivity index (χ4n) is 2.56. The Labute approximate surface area is 142 Å². The van der Waals surface area contributed by atoms with Gasteiger partial charge >= 0.3 is 0 Å². The van der Waals surface area contributed by atoms with Crippen LogP contribution in [0.5, 0.6) is 5.75 Å². The summed E-state index contributed by atoms with van der Waals surface area (Å²) in [6.07, 6.45) is -0.0986. The van der Waals surface area contributed by atoms with Gasteiger partial charge in [0.1, 0.15) is 11.3 Å². The molecule has 0 fully saturated rings. The zero-order chi connectivity index (χ0) is 18.0. The number of aromatic nitrogens is 1. The Morgan fingerprint density at radius 2 is 1.88 bits per heavy atom. The van der Waals surface area contributed by atoms with Crippen LogP contribution in [0.1, 0.15) is 46.7 Å². The molecule has 2 rings (SSSR count). The van der Waals surface area contributed by atoms with Gasteiger partial charge in [0.05, 0.1) is 6.10 Å². The van der Waals surface area contributed by atoms with Gasteiger partial charge in [0, 0.05) is 25.6 Å². The molecule has 0 aliphatic rings. The van der Waals surface area contributed by atoms with Gasteiger partial charge in [0.2, 0.25) is 5.69 Å². The minimum absolute atomic E-state index is 0.0986. The largest absolute Gasteiger partial charge is 0.618 e. The number of carbonyl (C=O) groups excluding carboxylic acids is 1. The Morgan fingerprint density at radius 1 is 1.21 bits per heavy atom. The molecule has 0 spiro atoms. The molecule has 1 aromatic heterocycles. The summed E-state index contributed by atoms with van der Waals surface area (Å²) in [5.74, 6) is 0.0800. The minimum Gasteiger partial charge on any atom is -0.618 e. The van der Waals surface area contributed by atoms with Gasteiger partial charge in [-0.05, 0) is 44.9 Å². The highest BCUT2D eigenvalue weighted by Gasteiger charge is 2.25. The molecule has 0 saturated heterocycles. The molecule has 0 aliphatic heterocycles. The number of carbonyl (C=O) groups is 1. The number of benzene rings is 1. The molecule has 5 heteroatoms. The van der Waals surface area contributed by atoms with Crippen molar-refractivity contribution in [3.05, 3.63) is 57.6 Å². The average Bonchev–Trinajstić information content (AvgIpc) is 2.49. The second-order valence-corrected chi connectivity index (χ2v) is 6.27. The van der Waals surface area contributed by atoms with Crippen molar-refractivity contribution >= 4 is 11.6 Å². The molecule has 2 aromatic rings. The number of nitrogens with zero attached hydrogens (tertiary/aromatic N) is 1. The van der Waals surface area contributed by atoms with E-state index in [4.69, 9.17) is 4.74 Å². The van der Waals surface area contributed by atoms with Gasteiger partial charge in [-0.25, -0.2) is 0 Å². The predicted octanol–water partition coefficient (Wildman–Crippen LogP) is 3.59. The van der Waals surface area contributed by atoms with E-state index in [0.29, 0.717) is 17.1 Å². The van der Waals surface area contributed by atoms with Crippen LogP contribution < -0.4 is 14.8 Å². The molecular formula is C19H24N2O3. The van der Waals surface area contributed by atoms with Gasteiger partial charge in [-0.1, -0.05) is 12.1 Å². The van der Waals surface area contributed by atoms with Crippen molar-refractivity contribution in [2.45, 2.75) is 47.6 Å². The number of rotatable bonds is 4. The fourth-order valence-corrected chi connectivity index (χ4v) is 2.56. The smallest absolute Gasteiger partial charge is 0.265 e. The van der Waals surface area contributed by atoms with E-state index in [1.165, 1.54) is 0 Å². The first kappa shape index (κ1) is 17.8. The number of amides is 1. The lowest BCUT2D eigenvalue weighted by Crippen LogP contribution is -2.37. The summed E-state index contributed by atoms with van der Waals surface area (Å²) >= 11 is 0. The van der Waals surface area contributed by atoms with Crippen LogP contribution in [0.25, 0.3) is 0 Å². The maximum atomic E-state index is 12.8. The molecule has 0 saturated carbocycles. The first-order valence-corrected chi connectivity index (χ1v) is 8.00. The Hall–Kier alpha value is -2.56. The Morgan fingerprint density at radius 3 is 2.50 bits per heavy atom. The van der Waals surface area contributed by atoms with Gasteiger partial charge in [0.25, 0.3) is 5.91 Å². The SMILES string of the molecule is Cc1cccc(NC(=O)c2c(OC(C)C)cc(C)[n+]([O-])c2C)c1C. The molecule has 0 atom stereocenters. The second kappa shape index (κ2) is 6.91. The molecule has 24 heavy (non-hydrogen) atoms. The van der Waals surface area contributed by atoms with E-state index in [1.54, 1.807) is 19.9 Å². The third-order valence-corrected chi connectivity index (χ3v) is 4.02. The fraction of sp³-hybridized carbons (Fsp3) is 0.368. The molecule has 1 aromatic carbocycles. The van der Waals surface area contributed by atoms with Crippen LogP contribution in [0, 0.1) is 32.9 Å². The molecule has 1 amide bonds. The van der Waals surface area contributed by atoms with Gasteiger partial charge in [-0.15, -0.1) is 0 Å². The van der Waals surface area contributed by atoms with Crippen molar-refractivity contribution in [3.8, 4) is 5.75 Å². The first-order chi connectivity index (χ1) is 11.2. The van der Waals surface area contributed by atoms with Crippen LogP contribution in [0.4, 0.5) is 5.69 Å². The van der Waals surface area contributed by atoms with Crippen molar-refractivity contribution in [3.63, 3.8) is 0 Å².